The van der Waals surface area contributed by atoms with E-state index >= 15 is 0 Å². The Bertz CT molecular complexity index is 401. The Labute approximate surface area is 145 Å². The van der Waals surface area contributed by atoms with Gasteiger partial charge in [0.15, 0.2) is 0 Å². The molecule has 0 aromatic heterocycles. The topological polar surface area (TPSA) is 0 Å². The molecule has 3 rings (SSSR count). The van der Waals surface area contributed by atoms with Crippen molar-refractivity contribution in [3.63, 3.8) is 0 Å². The SMILES string of the molecule is CC1=CC(C)(C)C2=C1CCCC2.[CH3-].[CH3-].[Zr+3].c1cc[cH-]c1. The van der Waals surface area contributed by atoms with Crippen molar-refractivity contribution >= 4 is 0 Å². The van der Waals surface area contributed by atoms with Crippen LogP contribution < -0.4 is 0 Å². The van der Waals surface area contributed by atoms with Gasteiger partial charge in [0.25, 0.3) is 0 Å². The Hall–Kier alpha value is -0.287. The summed E-state index contributed by atoms with van der Waals surface area (Å²) >= 11 is 0. The Balaban J connectivity index is 0. The fourth-order valence-electron chi connectivity index (χ4n) is 3.09. The van der Waals surface area contributed by atoms with Crippen LogP contribution in [0.25, 0.3) is 0 Å². The monoisotopic (exact) mass is 347 g/mol. The summed E-state index contributed by atoms with van der Waals surface area (Å²) in [7, 11) is 0. The van der Waals surface area contributed by atoms with Crippen LogP contribution in [0.5, 0.6) is 0 Å². The fraction of sp³-hybridized carbons (Fsp3) is 0.421. The predicted octanol–water partition coefficient (Wildman–Crippen LogP) is 6.15. The van der Waals surface area contributed by atoms with Gasteiger partial charge in [0.1, 0.15) is 0 Å². The van der Waals surface area contributed by atoms with Crippen molar-refractivity contribution in [2.75, 3.05) is 0 Å². The number of hydrogen-bond donors (Lipinski definition) is 0. The molecule has 109 valence electrons. The smallest absolute Gasteiger partial charge is 0.358 e. The van der Waals surface area contributed by atoms with Crippen LogP contribution in [-0.2, 0) is 26.2 Å². The van der Waals surface area contributed by atoms with Gasteiger partial charge in [-0.2, -0.15) is 18.2 Å². The molecule has 0 atom stereocenters. The van der Waals surface area contributed by atoms with Crippen LogP contribution in [0.1, 0.15) is 46.5 Å². The van der Waals surface area contributed by atoms with Crippen LogP contribution in [0, 0.1) is 20.3 Å². The normalized spacial score (nSPS) is 18.2. The van der Waals surface area contributed by atoms with Gasteiger partial charge in [-0.15, -0.1) is 0 Å². The van der Waals surface area contributed by atoms with E-state index in [1.165, 1.54) is 25.7 Å². The molecule has 0 aliphatic heterocycles. The molecule has 20 heavy (non-hydrogen) atoms. The van der Waals surface area contributed by atoms with Crippen molar-refractivity contribution in [1.82, 2.24) is 0 Å². The first kappa shape index (κ1) is 22.0. The van der Waals surface area contributed by atoms with Crippen molar-refractivity contribution in [2.45, 2.75) is 46.5 Å². The minimum Gasteiger partial charge on any atom is -0.358 e. The maximum absolute atomic E-state index is 2.45. The first-order chi connectivity index (χ1) is 8.11. The maximum Gasteiger partial charge on any atom is 3.00 e. The molecule has 2 aliphatic carbocycles. The van der Waals surface area contributed by atoms with E-state index in [2.05, 4.69) is 26.8 Å². The molecule has 0 heterocycles. The Kier molecular flexibility index (Phi) is 10.6. The summed E-state index contributed by atoms with van der Waals surface area (Å²) in [5.41, 5.74) is 5.34. The zero-order chi connectivity index (χ0) is 12.3. The summed E-state index contributed by atoms with van der Waals surface area (Å²) < 4.78 is 0. The van der Waals surface area contributed by atoms with Gasteiger partial charge in [-0.3, -0.25) is 0 Å². The van der Waals surface area contributed by atoms with E-state index in [0.29, 0.717) is 5.41 Å². The number of rotatable bonds is 0. The van der Waals surface area contributed by atoms with Gasteiger partial charge in [-0.1, -0.05) is 31.1 Å². The van der Waals surface area contributed by atoms with Gasteiger partial charge in [-0.05, 0) is 38.2 Å². The van der Waals surface area contributed by atoms with Crippen molar-refractivity contribution in [3.8, 4) is 0 Å². The second-order valence-corrected chi connectivity index (χ2v) is 5.68. The molecule has 0 unspecified atom stereocenters. The maximum atomic E-state index is 2.45. The fourth-order valence-corrected chi connectivity index (χ4v) is 3.09. The molecule has 2 aliphatic rings. The number of hydrogen-bond acceptors (Lipinski definition) is 0. The van der Waals surface area contributed by atoms with Gasteiger partial charge in [-0.25, -0.2) is 12.1 Å². The zero-order valence-electron chi connectivity index (χ0n) is 13.8. The molecule has 0 nitrogen and oxygen atoms in total. The molecular weight excluding hydrogens is 319 g/mol. The minimum absolute atomic E-state index is 0. The largest absolute Gasteiger partial charge is 3.00 e. The predicted molar refractivity (Wildman–Crippen MR) is 87.9 cm³/mol. The average molecular weight is 349 g/mol. The molecule has 0 saturated heterocycles. The van der Waals surface area contributed by atoms with Gasteiger partial charge < -0.3 is 14.9 Å². The third kappa shape index (κ3) is 5.25. The molecule has 1 aromatic rings. The Morgan fingerprint density at radius 3 is 2.00 bits per heavy atom. The minimum atomic E-state index is 0. The van der Waals surface area contributed by atoms with Gasteiger partial charge >= 0.3 is 26.2 Å². The summed E-state index contributed by atoms with van der Waals surface area (Å²) in [6.45, 7) is 6.98. The van der Waals surface area contributed by atoms with Crippen LogP contribution in [0.2, 0.25) is 0 Å². The van der Waals surface area contributed by atoms with Crippen LogP contribution in [0.4, 0.5) is 0 Å². The summed E-state index contributed by atoms with van der Waals surface area (Å²) in [5.74, 6) is 0. The molecular formula is C19H29Zr. The van der Waals surface area contributed by atoms with E-state index in [0.717, 1.165) is 0 Å². The Morgan fingerprint density at radius 1 is 1.00 bits per heavy atom. The molecule has 1 heteroatoms. The second kappa shape index (κ2) is 9.61. The van der Waals surface area contributed by atoms with Gasteiger partial charge in [0.2, 0.25) is 0 Å². The van der Waals surface area contributed by atoms with E-state index in [-0.39, 0.29) is 41.1 Å². The van der Waals surface area contributed by atoms with Crippen LogP contribution in [-0.4, -0.2) is 0 Å². The van der Waals surface area contributed by atoms with E-state index in [1.807, 2.05) is 30.3 Å². The standard InChI is InChI=1S/C12H18.C5H5.2CH3.Zr/c1-9-8-12(2,3)11-7-5-4-6-10(9)11;1-2-4-5-3-1;;;/h8H,4-7H2,1-3H3;1-5H;2*1H3;/q;3*-1;+3. The average Bonchev–Trinajstić information content (AvgIpc) is 2.92. The van der Waals surface area contributed by atoms with Crippen molar-refractivity contribution in [2.24, 2.45) is 5.41 Å². The molecule has 1 aromatic carbocycles. The first-order valence-electron chi connectivity index (χ1n) is 6.70. The molecule has 1 radical (unpaired) electrons. The van der Waals surface area contributed by atoms with Gasteiger partial charge in [0.05, 0.1) is 0 Å². The summed E-state index contributed by atoms with van der Waals surface area (Å²) in [6.07, 6.45) is 7.93. The third-order valence-electron chi connectivity index (χ3n) is 3.85. The van der Waals surface area contributed by atoms with Crippen LogP contribution in [0.3, 0.4) is 0 Å². The van der Waals surface area contributed by atoms with E-state index < -0.39 is 0 Å². The van der Waals surface area contributed by atoms with Crippen LogP contribution >= 0.6 is 0 Å². The van der Waals surface area contributed by atoms with Crippen molar-refractivity contribution in [3.05, 3.63) is 68.0 Å². The first-order valence-corrected chi connectivity index (χ1v) is 6.70. The molecule has 0 amide bonds. The molecule has 0 spiro atoms. The quantitative estimate of drug-likeness (QED) is 0.493. The third-order valence-corrected chi connectivity index (χ3v) is 3.85. The number of allylic oxidation sites excluding steroid dienone is 4. The van der Waals surface area contributed by atoms with Crippen LogP contribution in [0.15, 0.2) is 53.1 Å². The van der Waals surface area contributed by atoms with Crippen molar-refractivity contribution in [1.29, 1.82) is 0 Å². The molecule has 0 saturated carbocycles. The summed E-state index contributed by atoms with van der Waals surface area (Å²) in [4.78, 5) is 0. The molecule has 0 fully saturated rings. The van der Waals surface area contributed by atoms with E-state index in [4.69, 9.17) is 0 Å². The van der Waals surface area contributed by atoms with E-state index in [1.54, 1.807) is 16.7 Å². The summed E-state index contributed by atoms with van der Waals surface area (Å²) in [6, 6.07) is 10.0. The second-order valence-electron chi connectivity index (χ2n) is 5.68. The van der Waals surface area contributed by atoms with Crippen molar-refractivity contribution < 1.29 is 26.2 Å². The Morgan fingerprint density at radius 2 is 1.55 bits per heavy atom. The zero-order valence-corrected chi connectivity index (χ0v) is 16.3. The van der Waals surface area contributed by atoms with E-state index in [9.17, 15) is 0 Å². The summed E-state index contributed by atoms with van der Waals surface area (Å²) in [5, 5.41) is 0. The molecule has 0 bridgehead atoms. The van der Waals surface area contributed by atoms with Gasteiger partial charge in [0, 0.05) is 5.41 Å². The molecule has 0 N–H and O–H groups in total.